The lowest BCUT2D eigenvalue weighted by molar-refractivity contribution is 0.268. The van der Waals surface area contributed by atoms with Crippen molar-refractivity contribution in [1.29, 1.82) is 0 Å². The van der Waals surface area contributed by atoms with Gasteiger partial charge in [-0.25, -0.2) is 8.42 Å². The van der Waals surface area contributed by atoms with E-state index in [1.54, 1.807) is 36.7 Å². The highest BCUT2D eigenvalue weighted by atomic mass is 32.2. The van der Waals surface area contributed by atoms with E-state index < -0.39 is 10.0 Å². The second kappa shape index (κ2) is 6.37. The molecule has 1 aromatic heterocycles. The number of benzene rings is 1. The first-order valence-corrected chi connectivity index (χ1v) is 8.18. The van der Waals surface area contributed by atoms with Crippen molar-refractivity contribution in [3.05, 3.63) is 35.5 Å². The lowest BCUT2D eigenvalue weighted by atomic mass is 10.2. The Balaban J connectivity index is 2.29. The maximum Gasteiger partial charge on any atom is 0.263 e. The third-order valence-corrected chi connectivity index (χ3v) is 4.72. The Morgan fingerprint density at radius 3 is 2.64 bits per heavy atom. The Hall–Kier alpha value is -2.06. The fraction of sp³-hybridized carbons (Fsp3) is 0.357. The van der Waals surface area contributed by atoms with E-state index in [-0.39, 0.29) is 17.3 Å². The van der Waals surface area contributed by atoms with Crippen LogP contribution in [0.1, 0.15) is 11.3 Å². The van der Waals surface area contributed by atoms with Gasteiger partial charge in [-0.15, -0.1) is 0 Å². The third-order valence-electron chi connectivity index (χ3n) is 3.20. The zero-order valence-corrected chi connectivity index (χ0v) is 13.5. The Morgan fingerprint density at radius 2 is 2.05 bits per heavy atom. The number of nitrogens with one attached hydrogen (secondary N) is 1. The maximum absolute atomic E-state index is 12.4. The summed E-state index contributed by atoms with van der Waals surface area (Å²) in [6, 6.07) is 6.36. The van der Waals surface area contributed by atoms with E-state index >= 15 is 0 Å². The molecule has 0 aliphatic carbocycles. The van der Waals surface area contributed by atoms with Gasteiger partial charge in [0, 0.05) is 11.8 Å². The molecule has 22 heavy (non-hydrogen) atoms. The fourth-order valence-corrected chi connectivity index (χ4v) is 3.34. The Bertz CT molecular complexity index is 768. The third kappa shape index (κ3) is 3.40. The predicted molar refractivity (Wildman–Crippen MR) is 82.6 cm³/mol. The average Bonchev–Trinajstić information content (AvgIpc) is 2.78. The highest BCUT2D eigenvalue weighted by Gasteiger charge is 2.19. The molecule has 0 fully saturated rings. The summed E-state index contributed by atoms with van der Waals surface area (Å²) in [7, 11) is -2.21. The molecule has 0 atom stereocenters. The van der Waals surface area contributed by atoms with Crippen molar-refractivity contribution in [2.24, 2.45) is 0 Å². The number of rotatable bonds is 6. The molecule has 0 radical (unpaired) electrons. The molecule has 2 aromatic rings. The van der Waals surface area contributed by atoms with Gasteiger partial charge in [0.05, 0.1) is 25.2 Å². The monoisotopic (exact) mass is 325 g/mol. The van der Waals surface area contributed by atoms with Crippen LogP contribution in [-0.4, -0.2) is 37.0 Å². The number of aromatic nitrogens is 2. The van der Waals surface area contributed by atoms with E-state index in [9.17, 15) is 8.42 Å². The van der Waals surface area contributed by atoms with Gasteiger partial charge in [-0.3, -0.25) is 9.40 Å². The summed E-state index contributed by atoms with van der Waals surface area (Å²) < 4.78 is 34.0. The van der Waals surface area contributed by atoms with Crippen LogP contribution in [0.3, 0.4) is 0 Å². The number of methoxy groups -OCH3 is 1. The van der Waals surface area contributed by atoms with Crippen LogP contribution in [0.2, 0.25) is 0 Å². The largest absolute Gasteiger partial charge is 0.497 e. The van der Waals surface area contributed by atoms with Gasteiger partial charge >= 0.3 is 0 Å². The van der Waals surface area contributed by atoms with Crippen molar-refractivity contribution < 1.29 is 18.3 Å². The number of aliphatic hydroxyl groups is 1. The molecule has 0 saturated heterocycles. The molecular weight excluding hydrogens is 306 g/mol. The van der Waals surface area contributed by atoms with Gasteiger partial charge in [-0.05, 0) is 37.6 Å². The highest BCUT2D eigenvalue weighted by Crippen LogP contribution is 2.23. The first-order chi connectivity index (χ1) is 10.4. The molecule has 0 aliphatic heterocycles. The minimum absolute atomic E-state index is 0.0632. The average molecular weight is 325 g/mol. The summed E-state index contributed by atoms with van der Waals surface area (Å²) in [5.41, 5.74) is 1.34. The smallest absolute Gasteiger partial charge is 0.263 e. The molecule has 120 valence electrons. The first kappa shape index (κ1) is 16.3. The van der Waals surface area contributed by atoms with Gasteiger partial charge in [0.2, 0.25) is 0 Å². The Kier molecular flexibility index (Phi) is 4.72. The number of hydrogen-bond donors (Lipinski definition) is 2. The van der Waals surface area contributed by atoms with E-state index in [1.807, 2.05) is 0 Å². The van der Waals surface area contributed by atoms with Gasteiger partial charge < -0.3 is 9.84 Å². The Labute approximate surface area is 129 Å². The molecule has 0 aliphatic rings. The summed E-state index contributed by atoms with van der Waals surface area (Å²) in [4.78, 5) is 0.169. The summed E-state index contributed by atoms with van der Waals surface area (Å²) >= 11 is 0. The number of ether oxygens (including phenoxy) is 1. The minimum atomic E-state index is -3.73. The van der Waals surface area contributed by atoms with Crippen molar-refractivity contribution in [3.8, 4) is 5.75 Å². The van der Waals surface area contributed by atoms with Crippen LogP contribution >= 0.6 is 0 Å². The van der Waals surface area contributed by atoms with Gasteiger partial charge in [0.15, 0.2) is 5.82 Å². The zero-order chi connectivity index (χ0) is 16.3. The van der Waals surface area contributed by atoms with Gasteiger partial charge in [0.25, 0.3) is 10.0 Å². The summed E-state index contributed by atoms with van der Waals surface area (Å²) in [6.07, 6.45) is 0. The van der Waals surface area contributed by atoms with Crippen molar-refractivity contribution in [3.63, 3.8) is 0 Å². The standard InChI is InChI=1S/C14H19N3O4S/c1-10-8-12(21-3)4-5-13(10)22(19,20)16-14-9-11(2)17(15-14)6-7-18/h4-5,8-9,18H,6-7H2,1-3H3,(H,15,16). The number of anilines is 1. The van der Waals surface area contributed by atoms with Crippen LogP contribution in [0.4, 0.5) is 5.82 Å². The molecule has 0 spiro atoms. The van der Waals surface area contributed by atoms with Crippen LogP contribution < -0.4 is 9.46 Å². The van der Waals surface area contributed by atoms with Gasteiger partial charge in [0.1, 0.15) is 5.75 Å². The number of hydrogen-bond acceptors (Lipinski definition) is 5. The van der Waals surface area contributed by atoms with Gasteiger partial charge in [-0.1, -0.05) is 0 Å². The summed E-state index contributed by atoms with van der Waals surface area (Å²) in [6.45, 7) is 3.74. The second-order valence-electron chi connectivity index (χ2n) is 4.85. The molecule has 2 N–H and O–H groups in total. The molecule has 0 amide bonds. The van der Waals surface area contributed by atoms with Crippen molar-refractivity contribution in [2.45, 2.75) is 25.3 Å². The van der Waals surface area contributed by atoms with E-state index in [1.165, 1.54) is 13.2 Å². The van der Waals surface area contributed by atoms with Crippen molar-refractivity contribution >= 4 is 15.8 Å². The van der Waals surface area contributed by atoms with Crippen LogP contribution in [0.25, 0.3) is 0 Å². The zero-order valence-electron chi connectivity index (χ0n) is 12.7. The normalized spacial score (nSPS) is 11.5. The van der Waals surface area contributed by atoms with Crippen LogP contribution in [0, 0.1) is 13.8 Å². The molecule has 0 saturated carbocycles. The van der Waals surface area contributed by atoms with Crippen molar-refractivity contribution in [1.82, 2.24) is 9.78 Å². The molecule has 0 unspecified atom stereocenters. The lowest BCUT2D eigenvalue weighted by Crippen LogP contribution is -2.15. The maximum atomic E-state index is 12.4. The van der Waals surface area contributed by atoms with Crippen LogP contribution in [0.15, 0.2) is 29.2 Å². The molecular formula is C14H19N3O4S. The highest BCUT2D eigenvalue weighted by molar-refractivity contribution is 7.92. The molecule has 7 nitrogen and oxygen atoms in total. The molecule has 8 heteroatoms. The molecule has 1 aromatic carbocycles. The van der Waals surface area contributed by atoms with E-state index in [2.05, 4.69) is 9.82 Å². The number of aryl methyl sites for hydroxylation is 2. The van der Waals surface area contributed by atoms with Crippen molar-refractivity contribution in [2.75, 3.05) is 18.4 Å². The molecule has 0 bridgehead atoms. The molecule has 1 heterocycles. The second-order valence-corrected chi connectivity index (χ2v) is 6.51. The fourth-order valence-electron chi connectivity index (χ4n) is 2.12. The van der Waals surface area contributed by atoms with Crippen LogP contribution in [0.5, 0.6) is 5.75 Å². The number of sulfonamides is 1. The topological polar surface area (TPSA) is 93.5 Å². The lowest BCUT2D eigenvalue weighted by Gasteiger charge is -2.09. The van der Waals surface area contributed by atoms with E-state index in [0.29, 0.717) is 17.9 Å². The van der Waals surface area contributed by atoms with E-state index in [0.717, 1.165) is 5.69 Å². The summed E-state index contributed by atoms with van der Waals surface area (Å²) in [5.74, 6) is 0.820. The van der Waals surface area contributed by atoms with E-state index in [4.69, 9.17) is 9.84 Å². The SMILES string of the molecule is COc1ccc(S(=O)(=O)Nc2cc(C)n(CCO)n2)c(C)c1. The first-order valence-electron chi connectivity index (χ1n) is 6.70. The number of nitrogens with zero attached hydrogens (tertiary/aromatic N) is 2. The minimum Gasteiger partial charge on any atom is -0.497 e. The van der Waals surface area contributed by atoms with Crippen LogP contribution in [-0.2, 0) is 16.6 Å². The predicted octanol–water partition coefficient (Wildman–Crippen LogP) is 1.30. The number of aliphatic hydroxyl groups excluding tert-OH is 1. The Morgan fingerprint density at radius 1 is 1.32 bits per heavy atom. The quantitative estimate of drug-likeness (QED) is 0.835. The van der Waals surface area contributed by atoms with Gasteiger partial charge in [-0.2, -0.15) is 5.10 Å². The molecule has 2 rings (SSSR count). The summed E-state index contributed by atoms with van der Waals surface area (Å²) in [5, 5.41) is 13.1.